The number of anilines is 1. The van der Waals surface area contributed by atoms with Gasteiger partial charge in [0.05, 0.1) is 5.54 Å². The zero-order chi connectivity index (χ0) is 19.3. The van der Waals surface area contributed by atoms with Crippen LogP contribution in [0.15, 0.2) is 48.5 Å². The van der Waals surface area contributed by atoms with Gasteiger partial charge in [-0.3, -0.25) is 9.59 Å². The molecule has 1 heterocycles. The highest BCUT2D eigenvalue weighted by atomic mass is 16.5. The molecule has 0 aromatic heterocycles. The summed E-state index contributed by atoms with van der Waals surface area (Å²) < 4.78 is 5.27. The third kappa shape index (κ3) is 4.93. The van der Waals surface area contributed by atoms with Crippen molar-refractivity contribution in [2.75, 3.05) is 18.5 Å². The van der Waals surface area contributed by atoms with Gasteiger partial charge in [0.15, 0.2) is 0 Å². The molecule has 0 radical (unpaired) electrons. The van der Waals surface area contributed by atoms with E-state index in [2.05, 4.69) is 10.6 Å². The molecule has 0 aliphatic carbocycles. The molecule has 27 heavy (non-hydrogen) atoms. The zero-order valence-electron chi connectivity index (χ0n) is 15.5. The lowest BCUT2D eigenvalue weighted by Gasteiger charge is -2.31. The highest BCUT2D eigenvalue weighted by molar-refractivity contribution is 6.04. The minimum atomic E-state index is -0.866. The topological polar surface area (TPSA) is 93.5 Å². The first-order valence-electron chi connectivity index (χ1n) is 9.08. The number of nitrogens with two attached hydrogens (primary N) is 1. The summed E-state index contributed by atoms with van der Waals surface area (Å²) in [4.78, 5) is 24.7. The lowest BCUT2D eigenvalue weighted by molar-refractivity contribution is -0.129. The van der Waals surface area contributed by atoms with E-state index in [1.807, 2.05) is 43.3 Å². The monoisotopic (exact) mass is 367 g/mol. The molecule has 1 aliphatic rings. The Hall–Kier alpha value is -2.70. The summed E-state index contributed by atoms with van der Waals surface area (Å²) in [5.74, 6) is -0.334. The van der Waals surface area contributed by atoms with Crippen molar-refractivity contribution < 1.29 is 14.3 Å². The minimum absolute atomic E-state index is 0.167. The molecule has 1 fully saturated rings. The van der Waals surface area contributed by atoms with E-state index in [0.717, 1.165) is 11.1 Å². The molecule has 1 aliphatic heterocycles. The quantitative estimate of drug-likeness (QED) is 0.756. The standard InChI is InChI=1S/C21H25N3O3/c1-15-5-7-17(8-6-15)19(25)24-18-4-2-3-16(13-18)14-23-20(26)21(22)9-11-27-12-10-21/h2-8,13H,9-12,14,22H2,1H3,(H,23,26)(H,24,25). The molecule has 0 saturated carbocycles. The second-order valence-electron chi connectivity index (χ2n) is 6.97. The summed E-state index contributed by atoms with van der Waals surface area (Å²) in [6.45, 7) is 3.34. The molecular weight excluding hydrogens is 342 g/mol. The Morgan fingerprint density at radius 1 is 1.11 bits per heavy atom. The summed E-state index contributed by atoms with van der Waals surface area (Å²) in [7, 11) is 0. The number of hydrogen-bond acceptors (Lipinski definition) is 4. The van der Waals surface area contributed by atoms with Crippen LogP contribution in [-0.4, -0.2) is 30.6 Å². The van der Waals surface area contributed by atoms with E-state index in [1.54, 1.807) is 12.1 Å². The van der Waals surface area contributed by atoms with Gasteiger partial charge in [0.25, 0.3) is 5.91 Å². The average Bonchev–Trinajstić information content (AvgIpc) is 2.67. The molecule has 4 N–H and O–H groups in total. The highest BCUT2D eigenvalue weighted by Crippen LogP contribution is 2.18. The van der Waals surface area contributed by atoms with E-state index in [9.17, 15) is 9.59 Å². The van der Waals surface area contributed by atoms with E-state index in [4.69, 9.17) is 10.5 Å². The molecule has 2 aromatic rings. The van der Waals surface area contributed by atoms with Crippen LogP contribution in [0.1, 0.15) is 34.3 Å². The molecule has 6 heteroatoms. The summed E-state index contributed by atoms with van der Waals surface area (Å²) in [5.41, 5.74) is 8.60. The fourth-order valence-corrected chi connectivity index (χ4v) is 2.99. The molecule has 0 atom stereocenters. The van der Waals surface area contributed by atoms with Gasteiger partial charge in [-0.25, -0.2) is 0 Å². The predicted molar refractivity (Wildman–Crippen MR) is 104 cm³/mol. The van der Waals surface area contributed by atoms with E-state index >= 15 is 0 Å². The minimum Gasteiger partial charge on any atom is -0.381 e. The summed E-state index contributed by atoms with van der Waals surface area (Å²) in [6.07, 6.45) is 1.04. The number of ether oxygens (including phenoxy) is 1. The number of carbonyl (C=O) groups excluding carboxylic acids is 2. The lowest BCUT2D eigenvalue weighted by Crippen LogP contribution is -2.56. The predicted octanol–water partition coefficient (Wildman–Crippen LogP) is 2.37. The maximum atomic E-state index is 12.4. The lowest BCUT2D eigenvalue weighted by atomic mass is 9.90. The molecular formula is C21H25N3O3. The Morgan fingerprint density at radius 3 is 2.52 bits per heavy atom. The Morgan fingerprint density at radius 2 is 1.81 bits per heavy atom. The molecule has 2 amide bonds. The molecule has 0 bridgehead atoms. The van der Waals surface area contributed by atoms with Crippen molar-refractivity contribution in [3.05, 3.63) is 65.2 Å². The van der Waals surface area contributed by atoms with Crippen LogP contribution in [-0.2, 0) is 16.1 Å². The fraction of sp³-hybridized carbons (Fsp3) is 0.333. The molecule has 0 spiro atoms. The summed E-state index contributed by atoms with van der Waals surface area (Å²) >= 11 is 0. The molecule has 6 nitrogen and oxygen atoms in total. The first kappa shape index (κ1) is 19.1. The van der Waals surface area contributed by atoms with Crippen LogP contribution in [0.25, 0.3) is 0 Å². The van der Waals surface area contributed by atoms with E-state index in [-0.39, 0.29) is 11.8 Å². The van der Waals surface area contributed by atoms with Crippen molar-refractivity contribution in [1.82, 2.24) is 5.32 Å². The normalized spacial score (nSPS) is 15.8. The fourth-order valence-electron chi connectivity index (χ4n) is 2.99. The van der Waals surface area contributed by atoms with Crippen molar-refractivity contribution in [1.29, 1.82) is 0 Å². The number of benzene rings is 2. The maximum Gasteiger partial charge on any atom is 0.255 e. The Bertz CT molecular complexity index is 812. The molecule has 142 valence electrons. The number of carbonyl (C=O) groups is 2. The van der Waals surface area contributed by atoms with Crippen LogP contribution in [0.4, 0.5) is 5.69 Å². The van der Waals surface area contributed by atoms with E-state index in [1.165, 1.54) is 0 Å². The number of nitrogens with one attached hydrogen (secondary N) is 2. The zero-order valence-corrected chi connectivity index (χ0v) is 15.5. The Balaban J connectivity index is 1.59. The highest BCUT2D eigenvalue weighted by Gasteiger charge is 2.35. The number of amides is 2. The molecule has 3 rings (SSSR count). The summed E-state index contributed by atoms with van der Waals surface area (Å²) in [6, 6.07) is 14.8. The van der Waals surface area contributed by atoms with Gasteiger partial charge in [-0.05, 0) is 49.6 Å². The SMILES string of the molecule is Cc1ccc(C(=O)Nc2cccc(CNC(=O)C3(N)CCOCC3)c2)cc1. The number of hydrogen-bond donors (Lipinski definition) is 3. The van der Waals surface area contributed by atoms with Crippen LogP contribution < -0.4 is 16.4 Å². The molecule has 2 aromatic carbocycles. The number of rotatable bonds is 5. The second kappa shape index (κ2) is 8.33. The average molecular weight is 367 g/mol. The summed E-state index contributed by atoms with van der Waals surface area (Å²) in [5, 5.41) is 5.78. The van der Waals surface area contributed by atoms with Crippen LogP contribution >= 0.6 is 0 Å². The third-order valence-corrected chi connectivity index (χ3v) is 4.79. The van der Waals surface area contributed by atoms with Crippen LogP contribution in [0.2, 0.25) is 0 Å². The first-order valence-corrected chi connectivity index (χ1v) is 9.08. The maximum absolute atomic E-state index is 12.4. The van der Waals surface area contributed by atoms with Crippen LogP contribution in [0.3, 0.4) is 0 Å². The van der Waals surface area contributed by atoms with Crippen molar-refractivity contribution >= 4 is 17.5 Å². The van der Waals surface area contributed by atoms with E-state index in [0.29, 0.717) is 43.9 Å². The number of aryl methyl sites for hydroxylation is 1. The van der Waals surface area contributed by atoms with Gasteiger partial charge in [0.1, 0.15) is 0 Å². The van der Waals surface area contributed by atoms with Gasteiger partial charge in [-0.2, -0.15) is 0 Å². The van der Waals surface area contributed by atoms with Crippen molar-refractivity contribution in [2.24, 2.45) is 5.73 Å². The largest absolute Gasteiger partial charge is 0.381 e. The first-order chi connectivity index (χ1) is 13.0. The smallest absolute Gasteiger partial charge is 0.255 e. The Kier molecular flexibility index (Phi) is 5.88. The van der Waals surface area contributed by atoms with Gasteiger partial charge >= 0.3 is 0 Å². The Labute approximate surface area is 159 Å². The van der Waals surface area contributed by atoms with Crippen molar-refractivity contribution in [3.8, 4) is 0 Å². The van der Waals surface area contributed by atoms with Gasteiger partial charge in [-0.1, -0.05) is 29.8 Å². The second-order valence-corrected chi connectivity index (χ2v) is 6.97. The van der Waals surface area contributed by atoms with Crippen molar-refractivity contribution in [3.63, 3.8) is 0 Å². The van der Waals surface area contributed by atoms with Gasteiger partial charge < -0.3 is 21.1 Å². The van der Waals surface area contributed by atoms with Gasteiger partial charge in [0, 0.05) is 31.0 Å². The van der Waals surface area contributed by atoms with Gasteiger partial charge in [0.2, 0.25) is 5.91 Å². The third-order valence-electron chi connectivity index (χ3n) is 4.79. The van der Waals surface area contributed by atoms with Crippen LogP contribution in [0, 0.1) is 6.92 Å². The molecule has 0 unspecified atom stereocenters. The van der Waals surface area contributed by atoms with Crippen LogP contribution in [0.5, 0.6) is 0 Å². The molecule has 1 saturated heterocycles. The van der Waals surface area contributed by atoms with Crippen molar-refractivity contribution in [2.45, 2.75) is 31.8 Å². The van der Waals surface area contributed by atoms with Gasteiger partial charge in [-0.15, -0.1) is 0 Å². The van der Waals surface area contributed by atoms with E-state index < -0.39 is 5.54 Å².